The summed E-state index contributed by atoms with van der Waals surface area (Å²) in [7, 11) is 0. The van der Waals surface area contributed by atoms with Crippen LogP contribution in [0.1, 0.15) is 12.8 Å². The highest BCUT2D eigenvalue weighted by atomic mass is 32.2. The van der Waals surface area contributed by atoms with E-state index in [-0.39, 0.29) is 0 Å². The number of thioether (sulfide) groups is 1. The van der Waals surface area contributed by atoms with E-state index in [2.05, 4.69) is 4.90 Å². The Balaban J connectivity index is 1.70. The highest BCUT2D eigenvalue weighted by Gasteiger charge is 2.44. The number of rotatable bonds is 7. The van der Waals surface area contributed by atoms with Gasteiger partial charge in [0.1, 0.15) is 0 Å². The Morgan fingerprint density at radius 2 is 1.89 bits per heavy atom. The smallest absolute Gasteiger partial charge is 0.232 e. The maximum atomic E-state index is 11.8. The second-order valence-electron chi connectivity index (χ2n) is 5.52. The van der Waals surface area contributed by atoms with E-state index >= 15 is 0 Å². The average Bonchev–Trinajstić information content (AvgIpc) is 3.18. The van der Waals surface area contributed by atoms with Crippen molar-refractivity contribution >= 4 is 29.7 Å². The van der Waals surface area contributed by atoms with Gasteiger partial charge in [-0.1, -0.05) is 0 Å². The van der Waals surface area contributed by atoms with Gasteiger partial charge in [0.05, 0.1) is 12.4 Å². The van der Waals surface area contributed by atoms with Crippen LogP contribution in [0.2, 0.25) is 0 Å². The fourth-order valence-electron chi connectivity index (χ4n) is 2.55. The van der Waals surface area contributed by atoms with E-state index in [1.807, 2.05) is 17.4 Å². The van der Waals surface area contributed by atoms with Crippen molar-refractivity contribution in [3.05, 3.63) is 0 Å². The van der Waals surface area contributed by atoms with Crippen LogP contribution in [0.3, 0.4) is 0 Å². The molecule has 2 aliphatic rings. The van der Waals surface area contributed by atoms with Gasteiger partial charge >= 0.3 is 0 Å². The maximum Gasteiger partial charge on any atom is 0.232 e. The molecule has 1 saturated heterocycles. The molecular weight excluding hydrogens is 280 g/mol. The fourth-order valence-corrected chi connectivity index (χ4v) is 3.35. The van der Waals surface area contributed by atoms with E-state index in [9.17, 15) is 4.79 Å². The van der Waals surface area contributed by atoms with E-state index in [0.29, 0.717) is 17.1 Å². The van der Waals surface area contributed by atoms with Crippen molar-refractivity contribution in [2.75, 3.05) is 57.6 Å². The first-order valence-electron chi connectivity index (χ1n) is 6.84. The van der Waals surface area contributed by atoms with E-state index in [4.69, 9.17) is 4.18 Å². The molecule has 0 aromatic rings. The first kappa shape index (κ1) is 15.5. The molecule has 0 atom stereocenters. The molecule has 1 aliphatic carbocycles. The average molecular weight is 304 g/mol. The number of hydrogen-bond donors (Lipinski definition) is 0. The third kappa shape index (κ3) is 4.55. The summed E-state index contributed by atoms with van der Waals surface area (Å²) in [5.41, 5.74) is 0.411. The SMILES string of the molecule is CSCC(=O)N1CCN(CC2(COSC)CC2)CC1. The Bertz CT molecular complexity index is 303. The van der Waals surface area contributed by atoms with Crippen LogP contribution in [0.4, 0.5) is 0 Å². The third-order valence-electron chi connectivity index (χ3n) is 3.99. The number of carbonyl (C=O) groups excluding carboxylic acids is 1. The van der Waals surface area contributed by atoms with Crippen LogP contribution in [-0.2, 0) is 8.98 Å². The Kier molecular flexibility index (Phi) is 5.87. The van der Waals surface area contributed by atoms with Gasteiger partial charge in [0.2, 0.25) is 5.91 Å². The molecule has 0 aromatic heterocycles. The zero-order chi connectivity index (χ0) is 13.7. The Labute approximate surface area is 124 Å². The summed E-state index contributed by atoms with van der Waals surface area (Å²) in [5.74, 6) is 0.907. The molecular formula is C13H24N2O2S2. The van der Waals surface area contributed by atoms with Crippen LogP contribution in [0.25, 0.3) is 0 Å². The summed E-state index contributed by atoms with van der Waals surface area (Å²) in [5, 5.41) is 0. The molecule has 1 saturated carbocycles. The van der Waals surface area contributed by atoms with Gasteiger partial charge in [-0.15, -0.1) is 0 Å². The minimum Gasteiger partial charge on any atom is -0.339 e. The minimum absolute atomic E-state index is 0.291. The van der Waals surface area contributed by atoms with E-state index in [1.165, 1.54) is 24.9 Å². The summed E-state index contributed by atoms with van der Waals surface area (Å²) in [6.45, 7) is 5.82. The van der Waals surface area contributed by atoms with E-state index < -0.39 is 0 Å². The zero-order valence-electron chi connectivity index (χ0n) is 11.9. The maximum absolute atomic E-state index is 11.8. The summed E-state index contributed by atoms with van der Waals surface area (Å²) in [6.07, 6.45) is 6.54. The summed E-state index contributed by atoms with van der Waals surface area (Å²) < 4.78 is 5.52. The molecule has 6 heteroatoms. The molecule has 0 spiro atoms. The standard InChI is InChI=1S/C13H24N2O2S2/c1-18-9-12(16)15-7-5-14(6-8-15)10-13(3-4-13)11-17-19-2/h3-11H2,1-2H3. The van der Waals surface area contributed by atoms with Crippen molar-refractivity contribution in [3.63, 3.8) is 0 Å². The second kappa shape index (κ2) is 7.20. The molecule has 0 unspecified atom stereocenters. The molecule has 1 amide bonds. The van der Waals surface area contributed by atoms with Gasteiger partial charge in [0.15, 0.2) is 0 Å². The van der Waals surface area contributed by atoms with Crippen molar-refractivity contribution in [2.45, 2.75) is 12.8 Å². The van der Waals surface area contributed by atoms with Crippen molar-refractivity contribution in [2.24, 2.45) is 5.41 Å². The Hall–Kier alpha value is 0.0900. The largest absolute Gasteiger partial charge is 0.339 e. The van der Waals surface area contributed by atoms with Gasteiger partial charge in [0.25, 0.3) is 0 Å². The van der Waals surface area contributed by atoms with Gasteiger partial charge < -0.3 is 9.08 Å². The second-order valence-corrected chi connectivity index (χ2v) is 6.95. The predicted molar refractivity (Wildman–Crippen MR) is 82.5 cm³/mol. The molecule has 0 N–H and O–H groups in total. The molecule has 110 valence electrons. The lowest BCUT2D eigenvalue weighted by atomic mass is 10.1. The van der Waals surface area contributed by atoms with Crippen LogP contribution in [0, 0.1) is 5.41 Å². The van der Waals surface area contributed by atoms with Crippen LogP contribution in [0.15, 0.2) is 0 Å². The molecule has 2 rings (SSSR count). The number of carbonyl (C=O) groups is 1. The molecule has 1 aliphatic heterocycles. The van der Waals surface area contributed by atoms with Gasteiger partial charge in [-0.05, 0) is 31.1 Å². The molecule has 0 bridgehead atoms. The van der Waals surface area contributed by atoms with Gasteiger partial charge in [-0.2, -0.15) is 11.8 Å². The van der Waals surface area contributed by atoms with Crippen molar-refractivity contribution in [1.29, 1.82) is 0 Å². The highest BCUT2D eigenvalue weighted by Crippen LogP contribution is 2.47. The number of nitrogens with zero attached hydrogens (tertiary/aromatic N) is 2. The summed E-state index contributed by atoms with van der Waals surface area (Å²) >= 11 is 3.08. The van der Waals surface area contributed by atoms with Gasteiger partial charge in [0, 0.05) is 44.4 Å². The number of amides is 1. The third-order valence-corrected chi connectivity index (χ3v) is 4.88. The lowest BCUT2D eigenvalue weighted by Crippen LogP contribution is -2.50. The molecule has 1 heterocycles. The van der Waals surface area contributed by atoms with Crippen LogP contribution in [-0.4, -0.2) is 73.3 Å². The lowest BCUT2D eigenvalue weighted by molar-refractivity contribution is -0.130. The summed E-state index contributed by atoms with van der Waals surface area (Å²) in [4.78, 5) is 16.3. The Morgan fingerprint density at radius 3 is 2.42 bits per heavy atom. The van der Waals surface area contributed by atoms with Crippen LogP contribution in [0.5, 0.6) is 0 Å². The molecule has 2 fully saturated rings. The van der Waals surface area contributed by atoms with Crippen molar-refractivity contribution < 1.29 is 8.98 Å². The quantitative estimate of drug-likeness (QED) is 0.667. The normalized spacial score (nSPS) is 22.5. The monoisotopic (exact) mass is 304 g/mol. The first-order chi connectivity index (χ1) is 9.19. The topological polar surface area (TPSA) is 32.8 Å². The number of piperazine rings is 1. The highest BCUT2D eigenvalue weighted by molar-refractivity contribution is 7.99. The van der Waals surface area contributed by atoms with Gasteiger partial charge in [-0.3, -0.25) is 9.69 Å². The predicted octanol–water partition coefficient (Wildman–Crippen LogP) is 1.57. The molecule has 4 nitrogen and oxygen atoms in total. The lowest BCUT2D eigenvalue weighted by Gasteiger charge is -2.36. The van der Waals surface area contributed by atoms with E-state index in [0.717, 1.165) is 39.3 Å². The van der Waals surface area contributed by atoms with Crippen LogP contribution >= 0.6 is 23.8 Å². The summed E-state index contributed by atoms with van der Waals surface area (Å²) in [6, 6.07) is 0. The number of hydrogen-bond acceptors (Lipinski definition) is 5. The zero-order valence-corrected chi connectivity index (χ0v) is 13.5. The van der Waals surface area contributed by atoms with Crippen molar-refractivity contribution in [3.8, 4) is 0 Å². The van der Waals surface area contributed by atoms with Gasteiger partial charge in [-0.25, -0.2) is 0 Å². The molecule has 19 heavy (non-hydrogen) atoms. The Morgan fingerprint density at radius 1 is 1.21 bits per heavy atom. The van der Waals surface area contributed by atoms with E-state index in [1.54, 1.807) is 11.8 Å². The molecule has 0 aromatic carbocycles. The van der Waals surface area contributed by atoms with Crippen LogP contribution < -0.4 is 0 Å². The molecule has 0 radical (unpaired) electrons. The minimum atomic E-state index is 0.291. The van der Waals surface area contributed by atoms with Crippen molar-refractivity contribution in [1.82, 2.24) is 9.80 Å². The first-order valence-corrected chi connectivity index (χ1v) is 9.38. The fraction of sp³-hybridized carbons (Fsp3) is 0.923.